The number of rotatable bonds is 5. The quantitative estimate of drug-likeness (QED) is 0.602. The molecule has 2 amide bonds. The van der Waals surface area contributed by atoms with Crippen molar-refractivity contribution >= 4 is 29.2 Å². The van der Waals surface area contributed by atoms with Gasteiger partial charge < -0.3 is 9.84 Å². The molecule has 3 aromatic rings. The van der Waals surface area contributed by atoms with Gasteiger partial charge in [-0.05, 0) is 48.0 Å². The Kier molecular flexibility index (Phi) is 5.07. The third-order valence-corrected chi connectivity index (χ3v) is 5.97. The molecule has 0 unspecified atom stereocenters. The van der Waals surface area contributed by atoms with Gasteiger partial charge in [-0.25, -0.2) is 14.8 Å². The predicted molar refractivity (Wildman–Crippen MR) is 119 cm³/mol. The second kappa shape index (κ2) is 8.07. The first-order valence-electron chi connectivity index (χ1n) is 10.4. The Labute approximate surface area is 189 Å². The normalized spacial score (nSPS) is 21.9. The lowest BCUT2D eigenvalue weighted by Gasteiger charge is -2.29. The second-order valence-corrected chi connectivity index (χ2v) is 7.76. The van der Waals surface area contributed by atoms with Crippen LogP contribution in [0.4, 0.5) is 11.4 Å². The van der Waals surface area contributed by atoms with E-state index in [2.05, 4.69) is 0 Å². The molecule has 0 bridgehead atoms. The summed E-state index contributed by atoms with van der Waals surface area (Å²) >= 11 is 0. The van der Waals surface area contributed by atoms with E-state index in [1.807, 2.05) is 6.07 Å². The Morgan fingerprint density at radius 1 is 0.879 bits per heavy atom. The molecule has 0 aliphatic carbocycles. The van der Waals surface area contributed by atoms with Gasteiger partial charge in [0.25, 0.3) is 5.91 Å². The lowest BCUT2D eigenvalue weighted by atomic mass is 9.88. The van der Waals surface area contributed by atoms with E-state index in [4.69, 9.17) is 9.57 Å². The van der Waals surface area contributed by atoms with Gasteiger partial charge >= 0.3 is 5.97 Å². The van der Waals surface area contributed by atoms with Crippen molar-refractivity contribution in [1.82, 2.24) is 0 Å². The van der Waals surface area contributed by atoms with E-state index < -0.39 is 35.8 Å². The molecule has 2 fully saturated rings. The van der Waals surface area contributed by atoms with E-state index >= 15 is 0 Å². The van der Waals surface area contributed by atoms with Crippen LogP contribution in [0.1, 0.15) is 22.0 Å². The first-order chi connectivity index (χ1) is 16.0. The number of methoxy groups -OCH3 is 1. The van der Waals surface area contributed by atoms with Crippen LogP contribution >= 0.6 is 0 Å². The molecule has 0 radical (unpaired) electrons. The number of carboxylic acid groups (broad SMARTS) is 1. The molecular formula is C25H20N2O6. The summed E-state index contributed by atoms with van der Waals surface area (Å²) in [7, 11) is 1.53. The highest BCUT2D eigenvalue weighted by molar-refractivity contribution is 6.24. The number of carbonyl (C=O) groups is 3. The fourth-order valence-electron chi connectivity index (χ4n) is 4.46. The van der Waals surface area contributed by atoms with Crippen LogP contribution in [0.3, 0.4) is 0 Å². The lowest BCUT2D eigenvalue weighted by Crippen LogP contribution is -2.37. The number of nitrogens with zero attached hydrogens (tertiary/aromatic N) is 2. The van der Waals surface area contributed by atoms with Crippen LogP contribution < -0.4 is 14.7 Å². The van der Waals surface area contributed by atoms with E-state index in [9.17, 15) is 19.5 Å². The summed E-state index contributed by atoms with van der Waals surface area (Å²) in [6.07, 6.45) is -1.08. The average molecular weight is 444 g/mol. The number of carbonyl (C=O) groups excluding carboxylic acids is 2. The molecule has 3 aromatic carbocycles. The minimum atomic E-state index is -1.12. The topological polar surface area (TPSA) is 96.4 Å². The highest BCUT2D eigenvalue weighted by Crippen LogP contribution is 2.48. The summed E-state index contributed by atoms with van der Waals surface area (Å²) in [5, 5.41) is 11.3. The molecule has 2 aliphatic heterocycles. The largest absolute Gasteiger partial charge is 0.497 e. The average Bonchev–Trinajstić information content (AvgIpc) is 3.35. The Morgan fingerprint density at radius 3 is 2.21 bits per heavy atom. The molecule has 3 atom stereocenters. The Morgan fingerprint density at radius 2 is 1.55 bits per heavy atom. The van der Waals surface area contributed by atoms with Gasteiger partial charge in [0.2, 0.25) is 5.91 Å². The molecule has 1 N–H and O–H groups in total. The van der Waals surface area contributed by atoms with Gasteiger partial charge in [0, 0.05) is 0 Å². The summed E-state index contributed by atoms with van der Waals surface area (Å²) in [5.41, 5.74) is 1.48. The third kappa shape index (κ3) is 3.32. The van der Waals surface area contributed by atoms with E-state index in [-0.39, 0.29) is 5.56 Å². The zero-order valence-electron chi connectivity index (χ0n) is 17.6. The van der Waals surface area contributed by atoms with Crippen LogP contribution in [-0.2, 0) is 14.4 Å². The van der Waals surface area contributed by atoms with E-state index in [0.717, 1.165) is 4.90 Å². The Hall–Kier alpha value is -4.17. The first-order valence-corrected chi connectivity index (χ1v) is 10.4. The molecule has 8 nitrogen and oxygen atoms in total. The van der Waals surface area contributed by atoms with Crippen LogP contribution in [0.5, 0.6) is 5.75 Å². The fourth-order valence-corrected chi connectivity index (χ4v) is 4.46. The van der Waals surface area contributed by atoms with Crippen molar-refractivity contribution in [2.45, 2.75) is 12.1 Å². The van der Waals surface area contributed by atoms with Crippen molar-refractivity contribution in [1.29, 1.82) is 0 Å². The van der Waals surface area contributed by atoms with Gasteiger partial charge in [-0.15, -0.1) is 0 Å². The summed E-state index contributed by atoms with van der Waals surface area (Å²) < 4.78 is 5.16. The Balaban J connectivity index is 1.61. The number of ether oxygens (including phenoxy) is 1. The first kappa shape index (κ1) is 20.7. The van der Waals surface area contributed by atoms with Crippen molar-refractivity contribution < 1.29 is 29.1 Å². The second-order valence-electron chi connectivity index (χ2n) is 7.76. The smallest absolute Gasteiger partial charge is 0.336 e. The van der Waals surface area contributed by atoms with Gasteiger partial charge in [-0.1, -0.05) is 36.4 Å². The molecule has 5 rings (SSSR count). The van der Waals surface area contributed by atoms with Crippen LogP contribution in [0.15, 0.2) is 78.9 Å². The summed E-state index contributed by atoms with van der Waals surface area (Å²) in [5.74, 6) is -2.38. The summed E-state index contributed by atoms with van der Waals surface area (Å²) in [6, 6.07) is 21.3. The number of para-hydroxylation sites is 1. The number of aromatic carboxylic acids is 1. The van der Waals surface area contributed by atoms with Gasteiger partial charge in [0.05, 0.1) is 30.1 Å². The molecule has 0 saturated carbocycles. The monoisotopic (exact) mass is 444 g/mol. The SMILES string of the molecule is COc1ccc(N2C(=O)[C@@H]3[C@H](ON(c4ccccc4)[C@H]3c3ccccc3C(=O)O)C2=O)cc1. The van der Waals surface area contributed by atoms with Gasteiger partial charge in [0.1, 0.15) is 11.7 Å². The van der Waals surface area contributed by atoms with Crippen molar-refractivity contribution in [3.8, 4) is 5.75 Å². The molecule has 33 heavy (non-hydrogen) atoms. The number of carboxylic acids is 1. The number of benzene rings is 3. The molecule has 8 heteroatoms. The van der Waals surface area contributed by atoms with Gasteiger partial charge in [-0.3, -0.25) is 14.4 Å². The number of hydrogen-bond acceptors (Lipinski definition) is 6. The maximum absolute atomic E-state index is 13.6. The number of imide groups is 1. The number of fused-ring (bicyclic) bond motifs is 1. The van der Waals surface area contributed by atoms with E-state index in [1.165, 1.54) is 18.2 Å². The molecule has 166 valence electrons. The maximum Gasteiger partial charge on any atom is 0.336 e. The van der Waals surface area contributed by atoms with Crippen molar-refractivity contribution in [2.24, 2.45) is 5.92 Å². The minimum absolute atomic E-state index is 0.0517. The molecule has 0 spiro atoms. The predicted octanol–water partition coefficient (Wildman–Crippen LogP) is 3.44. The molecule has 2 heterocycles. The number of anilines is 2. The summed E-state index contributed by atoms with van der Waals surface area (Å²) in [6.45, 7) is 0. The molecule has 0 aromatic heterocycles. The summed E-state index contributed by atoms with van der Waals surface area (Å²) in [4.78, 5) is 46.1. The maximum atomic E-state index is 13.6. The van der Waals surface area contributed by atoms with Crippen molar-refractivity contribution in [2.75, 3.05) is 17.1 Å². The highest BCUT2D eigenvalue weighted by atomic mass is 16.7. The molecular weight excluding hydrogens is 424 g/mol. The molecule has 2 aliphatic rings. The van der Waals surface area contributed by atoms with Crippen molar-refractivity contribution in [3.63, 3.8) is 0 Å². The Bertz CT molecular complexity index is 1230. The van der Waals surface area contributed by atoms with E-state index in [0.29, 0.717) is 22.7 Å². The van der Waals surface area contributed by atoms with Crippen LogP contribution in [0.2, 0.25) is 0 Å². The number of hydroxylamine groups is 1. The minimum Gasteiger partial charge on any atom is -0.497 e. The lowest BCUT2D eigenvalue weighted by molar-refractivity contribution is -0.126. The number of amides is 2. The highest BCUT2D eigenvalue weighted by Gasteiger charge is 2.60. The van der Waals surface area contributed by atoms with Gasteiger partial charge in [-0.2, -0.15) is 0 Å². The van der Waals surface area contributed by atoms with Crippen LogP contribution in [0.25, 0.3) is 0 Å². The van der Waals surface area contributed by atoms with E-state index in [1.54, 1.807) is 66.7 Å². The van der Waals surface area contributed by atoms with Crippen molar-refractivity contribution in [3.05, 3.63) is 90.0 Å². The van der Waals surface area contributed by atoms with Crippen LogP contribution in [-0.4, -0.2) is 36.1 Å². The third-order valence-electron chi connectivity index (χ3n) is 5.97. The standard InChI is InChI=1S/C25H20N2O6/c1-32-17-13-11-15(12-14-17)26-23(28)20-21(18-9-5-6-10-19(18)25(30)31)27(33-22(20)24(26)29)16-7-3-2-4-8-16/h2-14,20-22H,1H3,(H,30,31)/t20-,21-,22-/m0/s1. The van der Waals surface area contributed by atoms with Gasteiger partial charge in [0.15, 0.2) is 6.10 Å². The fraction of sp³-hybridized carbons (Fsp3) is 0.160. The van der Waals surface area contributed by atoms with Crippen LogP contribution in [0, 0.1) is 5.92 Å². The zero-order valence-corrected chi connectivity index (χ0v) is 17.6. The number of hydrogen-bond donors (Lipinski definition) is 1. The molecule has 2 saturated heterocycles. The zero-order chi connectivity index (χ0) is 23.1.